The molecule has 0 bridgehead atoms. The lowest BCUT2D eigenvalue weighted by molar-refractivity contribution is -0.140. The highest BCUT2D eigenvalue weighted by Gasteiger charge is 2.46. The average molecular weight is 382 g/mol. The lowest BCUT2D eigenvalue weighted by atomic mass is 9.72. The third-order valence-corrected chi connectivity index (χ3v) is 7.61. The fraction of sp³-hybridized carbons (Fsp3) is 0.750. The number of thiol groups is 1. The van der Waals surface area contributed by atoms with Gasteiger partial charge in [-0.3, -0.25) is 9.10 Å². The van der Waals surface area contributed by atoms with E-state index in [0.717, 1.165) is 32.2 Å². The molecule has 1 heterocycles. The van der Waals surface area contributed by atoms with Crippen molar-refractivity contribution in [2.24, 2.45) is 11.3 Å². The molecule has 2 aliphatic carbocycles. The van der Waals surface area contributed by atoms with Crippen LogP contribution in [-0.2, 0) is 4.79 Å². The molecule has 2 unspecified atom stereocenters. The Morgan fingerprint density at radius 1 is 1.24 bits per heavy atom. The first-order valence-electron chi connectivity index (χ1n) is 9.51. The quantitative estimate of drug-likeness (QED) is 0.512. The minimum Gasteiger partial charge on any atom is -0.481 e. The number of aliphatic carboxylic acids is 1. The van der Waals surface area contributed by atoms with Crippen molar-refractivity contribution in [2.45, 2.75) is 70.5 Å². The second kappa shape index (κ2) is 7.69. The van der Waals surface area contributed by atoms with Gasteiger partial charge in [-0.05, 0) is 67.9 Å². The topological polar surface area (TPSA) is 40.5 Å². The van der Waals surface area contributed by atoms with Crippen LogP contribution in [0.3, 0.4) is 0 Å². The zero-order chi connectivity index (χ0) is 18.2. The van der Waals surface area contributed by atoms with E-state index in [9.17, 15) is 9.90 Å². The Morgan fingerprint density at radius 2 is 1.96 bits per heavy atom. The Labute approximate surface area is 161 Å². The molecule has 0 aromatic heterocycles. The number of allylic oxidation sites excluding steroid dienone is 1. The van der Waals surface area contributed by atoms with E-state index in [0.29, 0.717) is 0 Å². The number of likely N-dealkylation sites (N-methyl/N-ethyl adjacent to an activating group) is 1. The number of carbonyl (C=O) groups is 1. The van der Waals surface area contributed by atoms with Crippen molar-refractivity contribution in [1.82, 2.24) is 4.31 Å². The van der Waals surface area contributed by atoms with E-state index >= 15 is 0 Å². The van der Waals surface area contributed by atoms with Gasteiger partial charge in [0.15, 0.2) is 0 Å². The predicted molar refractivity (Wildman–Crippen MR) is 109 cm³/mol. The third kappa shape index (κ3) is 4.30. The minimum absolute atomic E-state index is 0.109. The highest BCUT2D eigenvalue weighted by atomic mass is 32.2. The SMILES string of the molecule is CN(S)CC1=C(C2SC3=C(CC(C)(C)CC3)C2C(=O)O)CCCCC1. The first-order valence-corrected chi connectivity index (χ1v) is 10.8. The number of hydrogen-bond acceptors (Lipinski definition) is 4. The molecule has 1 N–H and O–H groups in total. The van der Waals surface area contributed by atoms with Crippen molar-refractivity contribution in [1.29, 1.82) is 0 Å². The molecule has 0 saturated carbocycles. The number of nitrogens with zero attached hydrogens (tertiary/aromatic N) is 1. The van der Waals surface area contributed by atoms with Gasteiger partial charge in [0, 0.05) is 11.8 Å². The second-order valence-corrected chi connectivity index (χ2v) is 10.6. The van der Waals surface area contributed by atoms with Crippen molar-refractivity contribution in [3.8, 4) is 0 Å². The summed E-state index contributed by atoms with van der Waals surface area (Å²) < 4.78 is 1.94. The van der Waals surface area contributed by atoms with Crippen LogP contribution in [0.15, 0.2) is 21.6 Å². The molecule has 0 aromatic carbocycles. The van der Waals surface area contributed by atoms with E-state index in [1.807, 2.05) is 23.1 Å². The Balaban J connectivity index is 1.95. The van der Waals surface area contributed by atoms with Crippen molar-refractivity contribution in [3.05, 3.63) is 21.6 Å². The number of carboxylic acids is 1. The molecule has 5 heteroatoms. The molecule has 0 radical (unpaired) electrons. The van der Waals surface area contributed by atoms with E-state index in [4.69, 9.17) is 0 Å². The van der Waals surface area contributed by atoms with Crippen LogP contribution in [0.4, 0.5) is 0 Å². The monoisotopic (exact) mass is 381 g/mol. The standard InChI is InChI=1S/C20H31NO2S2/c1-20(2)10-9-16-15(11-20)17(19(22)23)18(25-16)14-8-6-4-5-7-13(14)12-21(3)24/h17-18,24H,4-12H2,1-3H3,(H,22,23). The highest BCUT2D eigenvalue weighted by molar-refractivity contribution is 8.04. The number of rotatable bonds is 4. The zero-order valence-electron chi connectivity index (χ0n) is 15.7. The predicted octanol–water partition coefficient (Wildman–Crippen LogP) is 5.30. The van der Waals surface area contributed by atoms with Crippen LogP contribution in [0, 0.1) is 11.3 Å². The van der Waals surface area contributed by atoms with Crippen LogP contribution in [0.1, 0.15) is 65.2 Å². The summed E-state index contributed by atoms with van der Waals surface area (Å²) in [5, 5.41) is 10.2. The zero-order valence-corrected chi connectivity index (χ0v) is 17.4. The molecule has 0 saturated heterocycles. The normalized spacial score (nSPS) is 29.8. The first kappa shape index (κ1) is 19.4. The molecule has 0 aromatic rings. The van der Waals surface area contributed by atoms with Crippen LogP contribution in [-0.4, -0.2) is 34.2 Å². The Morgan fingerprint density at radius 3 is 2.64 bits per heavy atom. The lowest BCUT2D eigenvalue weighted by Crippen LogP contribution is -2.29. The van der Waals surface area contributed by atoms with E-state index in [-0.39, 0.29) is 16.6 Å². The van der Waals surface area contributed by atoms with Crippen LogP contribution in [0.5, 0.6) is 0 Å². The maximum atomic E-state index is 12.2. The Kier molecular flexibility index (Phi) is 5.96. The molecule has 3 nitrogen and oxygen atoms in total. The second-order valence-electron chi connectivity index (χ2n) is 8.65. The van der Waals surface area contributed by atoms with Gasteiger partial charge >= 0.3 is 5.97 Å². The van der Waals surface area contributed by atoms with Crippen LogP contribution < -0.4 is 0 Å². The molecule has 3 rings (SSSR count). The fourth-order valence-electron chi connectivity index (χ4n) is 4.66. The third-order valence-electron chi connectivity index (χ3n) is 5.91. The molecular formula is C20H31NO2S2. The summed E-state index contributed by atoms with van der Waals surface area (Å²) in [6.07, 6.45) is 8.98. The van der Waals surface area contributed by atoms with Crippen LogP contribution in [0.25, 0.3) is 0 Å². The van der Waals surface area contributed by atoms with E-state index in [1.165, 1.54) is 47.3 Å². The largest absolute Gasteiger partial charge is 0.481 e. The summed E-state index contributed by atoms with van der Waals surface area (Å²) in [6, 6.07) is 0. The van der Waals surface area contributed by atoms with E-state index in [2.05, 4.69) is 26.7 Å². The van der Waals surface area contributed by atoms with Gasteiger partial charge in [-0.2, -0.15) is 0 Å². The Bertz CT molecular complexity index is 607. The molecule has 0 fully saturated rings. The van der Waals surface area contributed by atoms with E-state index < -0.39 is 5.97 Å². The number of hydrogen-bond donors (Lipinski definition) is 2. The summed E-state index contributed by atoms with van der Waals surface area (Å²) in [7, 11) is 1.99. The minimum atomic E-state index is -0.629. The summed E-state index contributed by atoms with van der Waals surface area (Å²) in [6.45, 7) is 5.40. The Hall–Kier alpha value is -0.390. The van der Waals surface area contributed by atoms with Gasteiger partial charge in [-0.25, -0.2) is 0 Å². The lowest BCUT2D eigenvalue weighted by Gasteiger charge is -2.32. The van der Waals surface area contributed by atoms with Gasteiger partial charge in [-0.1, -0.05) is 44.2 Å². The van der Waals surface area contributed by atoms with Crippen molar-refractivity contribution < 1.29 is 9.90 Å². The van der Waals surface area contributed by atoms with Gasteiger partial charge in [-0.15, -0.1) is 11.8 Å². The number of thioether (sulfide) groups is 1. The first-order chi connectivity index (χ1) is 11.8. The molecule has 1 aliphatic heterocycles. The van der Waals surface area contributed by atoms with Gasteiger partial charge in [0.1, 0.15) is 0 Å². The molecule has 3 aliphatic rings. The molecule has 25 heavy (non-hydrogen) atoms. The van der Waals surface area contributed by atoms with E-state index in [1.54, 1.807) is 0 Å². The summed E-state index contributed by atoms with van der Waals surface area (Å²) in [4.78, 5) is 13.6. The van der Waals surface area contributed by atoms with Gasteiger partial charge in [0.05, 0.1) is 5.92 Å². The molecule has 140 valence electrons. The van der Waals surface area contributed by atoms with Crippen molar-refractivity contribution in [3.63, 3.8) is 0 Å². The maximum absolute atomic E-state index is 12.2. The molecule has 0 spiro atoms. The van der Waals surface area contributed by atoms with Crippen molar-refractivity contribution >= 4 is 30.5 Å². The van der Waals surface area contributed by atoms with Gasteiger partial charge in [0.25, 0.3) is 0 Å². The fourth-order valence-corrected chi connectivity index (χ4v) is 6.55. The van der Waals surface area contributed by atoms with Gasteiger partial charge in [0.2, 0.25) is 0 Å². The molecule has 0 amide bonds. The van der Waals surface area contributed by atoms with Crippen LogP contribution in [0.2, 0.25) is 0 Å². The smallest absolute Gasteiger partial charge is 0.312 e. The van der Waals surface area contributed by atoms with Gasteiger partial charge < -0.3 is 5.11 Å². The highest BCUT2D eigenvalue weighted by Crippen LogP contribution is 2.56. The summed E-state index contributed by atoms with van der Waals surface area (Å²) in [5.74, 6) is -0.955. The van der Waals surface area contributed by atoms with Crippen LogP contribution >= 0.6 is 24.6 Å². The average Bonchev–Trinajstić information content (AvgIpc) is 2.70. The maximum Gasteiger partial charge on any atom is 0.312 e. The number of carboxylic acid groups (broad SMARTS) is 1. The van der Waals surface area contributed by atoms with Crippen molar-refractivity contribution in [2.75, 3.05) is 13.6 Å². The molecule has 2 atom stereocenters. The molecular weight excluding hydrogens is 350 g/mol. The summed E-state index contributed by atoms with van der Waals surface area (Å²) >= 11 is 6.34. The summed E-state index contributed by atoms with van der Waals surface area (Å²) in [5.41, 5.74) is 4.32.